The van der Waals surface area contributed by atoms with E-state index in [2.05, 4.69) is 68.9 Å². The highest BCUT2D eigenvalue weighted by Gasteiger charge is 2.52. The highest BCUT2D eigenvalue weighted by Crippen LogP contribution is 2.40. The molecular weight excluding hydrogens is 311 g/mol. The molecular formula is C20H27BN2O2. The van der Waals surface area contributed by atoms with E-state index in [1.165, 1.54) is 24.8 Å². The van der Waals surface area contributed by atoms with E-state index in [1.807, 2.05) is 6.20 Å². The van der Waals surface area contributed by atoms with Crippen LogP contribution in [0.5, 0.6) is 0 Å². The average Bonchev–Trinajstić information content (AvgIpc) is 3.07. The summed E-state index contributed by atoms with van der Waals surface area (Å²) in [7, 11) is -0.350. The van der Waals surface area contributed by atoms with Crippen molar-refractivity contribution in [2.75, 3.05) is 0 Å². The molecule has 1 aromatic heterocycles. The van der Waals surface area contributed by atoms with Crippen LogP contribution < -0.4 is 5.46 Å². The summed E-state index contributed by atoms with van der Waals surface area (Å²) in [6, 6.07) is 11.0. The lowest BCUT2D eigenvalue weighted by atomic mass is 9.77. The molecule has 1 saturated heterocycles. The zero-order valence-corrected chi connectivity index (χ0v) is 15.6. The Bertz CT molecular complexity index is 721. The molecule has 0 N–H and O–H groups in total. The normalized spacial score (nSPS) is 23.4. The van der Waals surface area contributed by atoms with Gasteiger partial charge in [0, 0.05) is 17.9 Å². The Labute approximate surface area is 150 Å². The van der Waals surface area contributed by atoms with Crippen LogP contribution in [0.25, 0.3) is 0 Å². The molecule has 1 aliphatic heterocycles. The predicted molar refractivity (Wildman–Crippen MR) is 99.9 cm³/mol. The van der Waals surface area contributed by atoms with Crippen LogP contribution in [0, 0.1) is 5.92 Å². The number of hydrogen-bond acceptors (Lipinski definition) is 3. The van der Waals surface area contributed by atoms with Gasteiger partial charge < -0.3 is 9.31 Å². The van der Waals surface area contributed by atoms with E-state index in [-0.39, 0.29) is 18.3 Å². The van der Waals surface area contributed by atoms with Gasteiger partial charge in [-0.1, -0.05) is 36.8 Å². The van der Waals surface area contributed by atoms with E-state index in [0.717, 1.165) is 5.46 Å². The van der Waals surface area contributed by atoms with Crippen molar-refractivity contribution in [1.29, 1.82) is 0 Å². The number of benzene rings is 1. The second kappa shape index (κ2) is 5.99. The fraction of sp³-hybridized carbons (Fsp3) is 0.550. The summed E-state index contributed by atoms with van der Waals surface area (Å²) in [6.45, 7) is 8.33. The Balaban J connectivity index is 1.61. The minimum Gasteiger partial charge on any atom is -0.399 e. The molecule has 2 heterocycles. The first kappa shape index (κ1) is 16.9. The minimum atomic E-state index is -0.350. The number of hydrogen-bond donors (Lipinski definition) is 0. The number of rotatable bonds is 4. The third-order valence-corrected chi connectivity index (χ3v) is 6.17. The maximum absolute atomic E-state index is 6.17. The summed E-state index contributed by atoms with van der Waals surface area (Å²) in [5.41, 5.74) is 1.67. The molecule has 1 saturated carbocycles. The Kier molecular flexibility index (Phi) is 4.04. The highest BCUT2D eigenvalue weighted by molar-refractivity contribution is 6.62. The zero-order valence-electron chi connectivity index (χ0n) is 15.6. The zero-order chi connectivity index (χ0) is 17.7. The fourth-order valence-corrected chi connectivity index (χ4v) is 3.65. The molecule has 1 aliphatic carbocycles. The van der Waals surface area contributed by atoms with Gasteiger partial charge in [0.2, 0.25) is 0 Å². The lowest BCUT2D eigenvalue weighted by Gasteiger charge is -2.34. The predicted octanol–water partition coefficient (Wildman–Crippen LogP) is 3.57. The van der Waals surface area contributed by atoms with E-state index in [1.54, 1.807) is 0 Å². The molecule has 0 spiro atoms. The van der Waals surface area contributed by atoms with Crippen LogP contribution in [0.1, 0.15) is 58.6 Å². The van der Waals surface area contributed by atoms with E-state index in [0.29, 0.717) is 12.0 Å². The van der Waals surface area contributed by atoms with Gasteiger partial charge in [-0.2, -0.15) is 5.10 Å². The average molecular weight is 338 g/mol. The van der Waals surface area contributed by atoms with E-state index in [4.69, 9.17) is 14.4 Å². The first-order valence-electron chi connectivity index (χ1n) is 9.32. The molecule has 4 rings (SSSR count). The molecule has 25 heavy (non-hydrogen) atoms. The number of aromatic nitrogens is 2. The lowest BCUT2D eigenvalue weighted by molar-refractivity contribution is 0.00578. The quantitative estimate of drug-likeness (QED) is 0.800. The summed E-state index contributed by atoms with van der Waals surface area (Å²) in [6.07, 6.45) is 7.87. The summed E-state index contributed by atoms with van der Waals surface area (Å²) < 4.78 is 14.5. The molecule has 0 amide bonds. The summed E-state index contributed by atoms with van der Waals surface area (Å²) in [5, 5.41) is 4.69. The second-order valence-corrected chi connectivity index (χ2v) is 8.39. The first-order chi connectivity index (χ1) is 11.9. The first-order valence-corrected chi connectivity index (χ1v) is 9.32. The van der Waals surface area contributed by atoms with Gasteiger partial charge in [0.25, 0.3) is 0 Å². The van der Waals surface area contributed by atoms with Crippen LogP contribution >= 0.6 is 0 Å². The van der Waals surface area contributed by atoms with Crippen LogP contribution in [0.3, 0.4) is 0 Å². The van der Waals surface area contributed by atoms with Crippen molar-refractivity contribution in [3.8, 4) is 0 Å². The van der Waals surface area contributed by atoms with Gasteiger partial charge in [0.1, 0.15) is 0 Å². The van der Waals surface area contributed by atoms with E-state index < -0.39 is 0 Å². The standard InChI is InChI=1S/C20H27BN2O2/c1-19(2)20(3,4)25-21(24-19)17-13-22-23(14-17)18(16-11-8-12-16)15-9-6-5-7-10-15/h5-7,9-10,13-14,16,18H,8,11-12H2,1-4H3. The largest absolute Gasteiger partial charge is 0.498 e. The maximum atomic E-state index is 6.17. The van der Waals surface area contributed by atoms with E-state index in [9.17, 15) is 0 Å². The third-order valence-electron chi connectivity index (χ3n) is 6.17. The van der Waals surface area contributed by atoms with Crippen molar-refractivity contribution < 1.29 is 9.31 Å². The highest BCUT2D eigenvalue weighted by atomic mass is 16.7. The topological polar surface area (TPSA) is 36.3 Å². The fourth-order valence-electron chi connectivity index (χ4n) is 3.65. The van der Waals surface area contributed by atoms with Crippen LogP contribution in [0.4, 0.5) is 0 Å². The molecule has 2 aliphatic rings. The Morgan fingerprint density at radius 2 is 1.72 bits per heavy atom. The van der Waals surface area contributed by atoms with Crippen molar-refractivity contribution in [2.24, 2.45) is 5.92 Å². The maximum Gasteiger partial charge on any atom is 0.498 e. The molecule has 5 heteroatoms. The second-order valence-electron chi connectivity index (χ2n) is 8.39. The third kappa shape index (κ3) is 2.94. The van der Waals surface area contributed by atoms with Crippen LogP contribution in [0.2, 0.25) is 0 Å². The molecule has 1 unspecified atom stereocenters. The molecule has 1 aromatic carbocycles. The van der Waals surface area contributed by atoms with Crippen LogP contribution in [-0.2, 0) is 9.31 Å². The van der Waals surface area contributed by atoms with Crippen molar-refractivity contribution in [3.05, 3.63) is 48.3 Å². The Morgan fingerprint density at radius 3 is 2.28 bits per heavy atom. The monoisotopic (exact) mass is 338 g/mol. The van der Waals surface area contributed by atoms with Gasteiger partial charge in [-0.15, -0.1) is 0 Å². The van der Waals surface area contributed by atoms with Crippen molar-refractivity contribution in [2.45, 2.75) is 64.2 Å². The van der Waals surface area contributed by atoms with Crippen molar-refractivity contribution >= 4 is 12.6 Å². The molecule has 0 radical (unpaired) electrons. The Hall–Kier alpha value is -1.59. The van der Waals surface area contributed by atoms with E-state index >= 15 is 0 Å². The van der Waals surface area contributed by atoms with Gasteiger partial charge in [-0.05, 0) is 52.0 Å². The Morgan fingerprint density at radius 1 is 1.08 bits per heavy atom. The van der Waals surface area contributed by atoms with Crippen LogP contribution in [-0.4, -0.2) is 28.1 Å². The van der Waals surface area contributed by atoms with Gasteiger partial charge >= 0.3 is 7.12 Å². The lowest BCUT2D eigenvalue weighted by Crippen LogP contribution is -2.41. The number of nitrogens with zero attached hydrogens (tertiary/aromatic N) is 2. The van der Waals surface area contributed by atoms with Gasteiger partial charge in [0.15, 0.2) is 0 Å². The van der Waals surface area contributed by atoms with Gasteiger partial charge in [-0.25, -0.2) is 0 Å². The smallest absolute Gasteiger partial charge is 0.399 e. The SMILES string of the molecule is CC1(C)OB(c2cnn(C(c3ccccc3)C3CCC3)c2)OC1(C)C. The summed E-state index contributed by atoms with van der Waals surface area (Å²) in [5.74, 6) is 0.661. The van der Waals surface area contributed by atoms with Crippen molar-refractivity contribution in [1.82, 2.24) is 9.78 Å². The molecule has 2 fully saturated rings. The van der Waals surface area contributed by atoms with Crippen LogP contribution in [0.15, 0.2) is 42.7 Å². The summed E-state index contributed by atoms with van der Waals surface area (Å²) >= 11 is 0. The molecule has 132 valence electrons. The summed E-state index contributed by atoms with van der Waals surface area (Å²) in [4.78, 5) is 0. The van der Waals surface area contributed by atoms with Gasteiger partial charge in [0.05, 0.1) is 17.2 Å². The van der Waals surface area contributed by atoms with Gasteiger partial charge in [-0.3, -0.25) is 4.68 Å². The molecule has 0 bridgehead atoms. The molecule has 2 aromatic rings. The van der Waals surface area contributed by atoms with Crippen molar-refractivity contribution in [3.63, 3.8) is 0 Å². The minimum absolute atomic E-state index is 0.297. The molecule has 1 atom stereocenters. The molecule has 4 nitrogen and oxygen atoms in total.